The van der Waals surface area contributed by atoms with Crippen LogP contribution in [0.4, 0.5) is 5.82 Å². The van der Waals surface area contributed by atoms with Crippen molar-refractivity contribution in [2.45, 2.75) is 81.2 Å². The van der Waals surface area contributed by atoms with Gasteiger partial charge in [0.2, 0.25) is 0 Å². The van der Waals surface area contributed by atoms with Crippen LogP contribution in [0.3, 0.4) is 0 Å². The van der Waals surface area contributed by atoms with Crippen LogP contribution >= 0.6 is 23.4 Å². The zero-order valence-corrected chi connectivity index (χ0v) is 25.9. The first kappa shape index (κ1) is 29.6. The number of carbonyl (C=O) groups excluding carboxylic acids is 1. The highest BCUT2D eigenvalue weighted by Gasteiger charge is 2.47. The number of nitrogens with one attached hydrogen (secondary N) is 2. The van der Waals surface area contributed by atoms with Crippen molar-refractivity contribution >= 4 is 40.7 Å². The average Bonchev–Trinajstić information content (AvgIpc) is 3.48. The van der Waals surface area contributed by atoms with Gasteiger partial charge in [-0.3, -0.25) is 9.20 Å². The Balaban J connectivity index is 1.21. The van der Waals surface area contributed by atoms with E-state index in [-0.39, 0.29) is 36.1 Å². The summed E-state index contributed by atoms with van der Waals surface area (Å²) in [4.78, 5) is 30.5. The molecule has 226 valence electrons. The number of fused-ring (bicyclic) bond motifs is 1. The van der Waals surface area contributed by atoms with Gasteiger partial charge in [-0.2, -0.15) is 0 Å². The molecule has 3 saturated heterocycles. The van der Waals surface area contributed by atoms with Gasteiger partial charge in [-0.05, 0) is 65.6 Å². The molecule has 3 aliphatic heterocycles. The number of aryl methyl sites for hydroxylation is 2. The lowest BCUT2D eigenvalue weighted by Gasteiger charge is -2.42. The van der Waals surface area contributed by atoms with Crippen LogP contribution in [-0.2, 0) is 11.3 Å². The highest BCUT2D eigenvalue weighted by atomic mass is 35.5. The molecule has 3 aromatic rings. The summed E-state index contributed by atoms with van der Waals surface area (Å²) in [6.45, 7) is 9.62. The van der Waals surface area contributed by atoms with E-state index in [0.29, 0.717) is 45.2 Å². The maximum Gasteiger partial charge on any atom is 0.270 e. The van der Waals surface area contributed by atoms with Crippen LogP contribution in [0.25, 0.3) is 5.65 Å². The molecule has 0 aliphatic carbocycles. The lowest BCUT2D eigenvalue weighted by Crippen LogP contribution is -2.51. The molecule has 1 spiro atoms. The molecule has 5 N–H and O–H groups in total. The maximum absolute atomic E-state index is 13.2. The molecule has 0 radical (unpaired) electrons. The van der Waals surface area contributed by atoms with E-state index in [1.807, 2.05) is 33.0 Å². The average molecular weight is 615 g/mol. The van der Waals surface area contributed by atoms with E-state index in [2.05, 4.69) is 20.5 Å². The standard InChI is InChI=1S/C29H39ClN8O3S/c1-16-23(27(40)35-19-4-9-32-10-5-19)38-11-6-21(22(30)26(38)33-16)42-28-17(2)34-25(20(14-39)36-28)37-12-7-29(8-13-37)15-41-18(3)24(29)31/h6,11,18-19,24,32,39H,4-5,7-10,12-15,31H2,1-3H3,(H,35,40)/t18-,24+/m0/s1. The summed E-state index contributed by atoms with van der Waals surface area (Å²) in [5.41, 5.74) is 9.42. The molecule has 2 atom stereocenters. The van der Waals surface area contributed by atoms with Crippen molar-refractivity contribution in [2.75, 3.05) is 37.7 Å². The molecule has 6 heterocycles. The van der Waals surface area contributed by atoms with Gasteiger partial charge in [0.05, 0.1) is 35.7 Å². The van der Waals surface area contributed by atoms with E-state index in [1.165, 1.54) is 11.8 Å². The summed E-state index contributed by atoms with van der Waals surface area (Å²) in [6, 6.07) is 2.04. The Hall–Kier alpha value is -2.48. The van der Waals surface area contributed by atoms with Crippen molar-refractivity contribution in [2.24, 2.45) is 11.1 Å². The van der Waals surface area contributed by atoms with Gasteiger partial charge < -0.3 is 31.1 Å². The Labute approximate surface area is 255 Å². The molecule has 1 amide bonds. The fourth-order valence-electron chi connectivity index (χ4n) is 6.47. The molecule has 0 bridgehead atoms. The van der Waals surface area contributed by atoms with Crippen molar-refractivity contribution in [3.8, 4) is 0 Å². The van der Waals surface area contributed by atoms with Crippen LogP contribution < -0.4 is 21.3 Å². The summed E-state index contributed by atoms with van der Waals surface area (Å²) < 4.78 is 7.62. The number of aliphatic hydroxyl groups is 1. The molecule has 3 aromatic heterocycles. The number of aliphatic hydroxyl groups excluding tert-OH is 1. The largest absolute Gasteiger partial charge is 0.390 e. The number of hydrogen-bond donors (Lipinski definition) is 4. The molecule has 13 heteroatoms. The molecule has 0 unspecified atom stereocenters. The lowest BCUT2D eigenvalue weighted by molar-refractivity contribution is 0.0922. The molecular weight excluding hydrogens is 576 g/mol. The molecule has 11 nitrogen and oxygen atoms in total. The SMILES string of the molecule is Cc1nc(N2CCC3(CC2)CO[C@@H](C)[C@H]3N)c(CO)nc1Sc1ccn2c(C(=O)NC3CCNCC3)c(C)nc2c1Cl. The first-order chi connectivity index (χ1) is 20.2. The van der Waals surface area contributed by atoms with Crippen molar-refractivity contribution in [1.82, 2.24) is 30.0 Å². The Kier molecular flexibility index (Phi) is 8.38. The van der Waals surface area contributed by atoms with E-state index in [1.54, 1.807) is 4.40 Å². The van der Waals surface area contributed by atoms with E-state index in [0.717, 1.165) is 62.5 Å². The van der Waals surface area contributed by atoms with Crippen molar-refractivity contribution in [1.29, 1.82) is 0 Å². The summed E-state index contributed by atoms with van der Waals surface area (Å²) in [5, 5.41) is 17.8. The number of aromatic nitrogens is 4. The van der Waals surface area contributed by atoms with Gasteiger partial charge in [-0.25, -0.2) is 15.0 Å². The smallest absolute Gasteiger partial charge is 0.270 e. The van der Waals surface area contributed by atoms with Gasteiger partial charge in [-0.1, -0.05) is 23.4 Å². The van der Waals surface area contributed by atoms with Gasteiger partial charge in [0.1, 0.15) is 16.4 Å². The summed E-state index contributed by atoms with van der Waals surface area (Å²) >= 11 is 8.24. The Morgan fingerprint density at radius 1 is 1.24 bits per heavy atom. The zero-order valence-electron chi connectivity index (χ0n) is 24.3. The Morgan fingerprint density at radius 2 is 1.98 bits per heavy atom. The summed E-state index contributed by atoms with van der Waals surface area (Å²) in [5.74, 6) is 0.568. The fourth-order valence-corrected chi connectivity index (χ4v) is 7.64. The van der Waals surface area contributed by atoms with Crippen LogP contribution in [0.15, 0.2) is 22.2 Å². The maximum atomic E-state index is 13.2. The molecule has 6 rings (SSSR count). The lowest BCUT2D eigenvalue weighted by atomic mass is 9.73. The van der Waals surface area contributed by atoms with Crippen LogP contribution in [0.5, 0.6) is 0 Å². The van der Waals surface area contributed by atoms with Gasteiger partial charge in [-0.15, -0.1) is 0 Å². The highest BCUT2D eigenvalue weighted by Crippen LogP contribution is 2.43. The predicted molar refractivity (Wildman–Crippen MR) is 162 cm³/mol. The second-order valence-corrected chi connectivity index (χ2v) is 13.2. The number of halogens is 1. The number of pyridine rings is 1. The van der Waals surface area contributed by atoms with Gasteiger partial charge >= 0.3 is 0 Å². The number of ether oxygens (including phenoxy) is 1. The van der Waals surface area contributed by atoms with Crippen LogP contribution in [-0.4, -0.2) is 81.3 Å². The molecule has 0 saturated carbocycles. The molecule has 0 aromatic carbocycles. The second kappa shape index (κ2) is 11.9. The molecular formula is C29H39ClN8O3S. The normalized spacial score (nSPS) is 22.8. The molecule has 42 heavy (non-hydrogen) atoms. The number of amides is 1. The summed E-state index contributed by atoms with van der Waals surface area (Å²) in [7, 11) is 0. The van der Waals surface area contributed by atoms with Crippen molar-refractivity contribution in [3.63, 3.8) is 0 Å². The molecule has 3 aliphatic rings. The number of carbonyl (C=O) groups is 1. The predicted octanol–water partition coefficient (Wildman–Crippen LogP) is 2.85. The van der Waals surface area contributed by atoms with E-state index >= 15 is 0 Å². The quantitative estimate of drug-likeness (QED) is 0.327. The van der Waals surface area contributed by atoms with Gasteiger partial charge in [0, 0.05) is 41.7 Å². The van der Waals surface area contributed by atoms with Crippen LogP contribution in [0, 0.1) is 19.3 Å². The van der Waals surface area contributed by atoms with Crippen LogP contribution in [0.2, 0.25) is 5.02 Å². The van der Waals surface area contributed by atoms with Crippen molar-refractivity contribution in [3.05, 3.63) is 40.1 Å². The number of nitrogens with zero attached hydrogens (tertiary/aromatic N) is 5. The minimum absolute atomic E-state index is 0.00203. The first-order valence-corrected chi connectivity index (χ1v) is 15.9. The van der Waals surface area contributed by atoms with Gasteiger partial charge in [0.15, 0.2) is 11.5 Å². The third-order valence-corrected chi connectivity index (χ3v) is 10.7. The first-order valence-electron chi connectivity index (χ1n) is 14.7. The number of anilines is 1. The number of imidazole rings is 1. The van der Waals surface area contributed by atoms with E-state index in [9.17, 15) is 9.90 Å². The minimum atomic E-state index is -0.223. The third kappa shape index (κ3) is 5.37. The third-order valence-electron chi connectivity index (χ3n) is 9.10. The Morgan fingerprint density at radius 3 is 2.64 bits per heavy atom. The number of nitrogens with two attached hydrogens (primary N) is 1. The minimum Gasteiger partial charge on any atom is -0.390 e. The van der Waals surface area contributed by atoms with Gasteiger partial charge in [0.25, 0.3) is 5.91 Å². The number of rotatable bonds is 6. The summed E-state index contributed by atoms with van der Waals surface area (Å²) in [6.07, 6.45) is 5.53. The number of hydrogen-bond acceptors (Lipinski definition) is 10. The zero-order chi connectivity index (χ0) is 29.6. The van der Waals surface area contributed by atoms with E-state index in [4.69, 9.17) is 32.0 Å². The topological polar surface area (TPSA) is 143 Å². The second-order valence-electron chi connectivity index (χ2n) is 11.8. The fraction of sp³-hybridized carbons (Fsp3) is 0.586. The monoisotopic (exact) mass is 614 g/mol. The van der Waals surface area contributed by atoms with Crippen LogP contribution in [0.1, 0.15) is 60.2 Å². The van der Waals surface area contributed by atoms with E-state index < -0.39 is 0 Å². The number of piperidine rings is 2. The highest BCUT2D eigenvalue weighted by molar-refractivity contribution is 7.99. The van der Waals surface area contributed by atoms with Crippen molar-refractivity contribution < 1.29 is 14.6 Å². The Bertz CT molecular complexity index is 1490. The molecule has 3 fully saturated rings.